The SMILES string of the molecule is CN1CCN(CC2C[C@H]3C=C[C@@H]2C3)CC12CCN(C(=O)c1ccccc1)CC2. The summed E-state index contributed by atoms with van der Waals surface area (Å²) in [6, 6.07) is 9.75. The third kappa shape index (κ3) is 3.31. The number of likely N-dealkylation sites (tertiary alicyclic amines) is 1. The minimum atomic E-state index is 0.194. The van der Waals surface area contributed by atoms with E-state index in [2.05, 4.69) is 33.9 Å². The lowest BCUT2D eigenvalue weighted by Gasteiger charge is -2.53. The molecule has 4 aliphatic rings. The van der Waals surface area contributed by atoms with Gasteiger partial charge in [-0.1, -0.05) is 30.4 Å². The van der Waals surface area contributed by atoms with Crippen LogP contribution in [-0.2, 0) is 0 Å². The summed E-state index contributed by atoms with van der Waals surface area (Å²) in [5.41, 5.74) is 1.07. The van der Waals surface area contributed by atoms with Gasteiger partial charge in [-0.25, -0.2) is 0 Å². The highest BCUT2D eigenvalue weighted by atomic mass is 16.2. The van der Waals surface area contributed by atoms with E-state index in [9.17, 15) is 4.79 Å². The molecule has 1 unspecified atom stereocenters. The molecule has 1 saturated carbocycles. The molecular weight excluding hydrogens is 346 g/mol. The Kier molecular flexibility index (Phi) is 4.80. The number of piperazine rings is 1. The van der Waals surface area contributed by atoms with Gasteiger partial charge in [-0.05, 0) is 62.6 Å². The molecular formula is C24H33N3O. The number of nitrogens with zero attached hydrogens (tertiary/aromatic N) is 3. The van der Waals surface area contributed by atoms with Crippen molar-refractivity contribution in [3.05, 3.63) is 48.0 Å². The molecule has 2 saturated heterocycles. The van der Waals surface area contributed by atoms with Crippen molar-refractivity contribution in [1.82, 2.24) is 14.7 Å². The molecule has 1 spiro atoms. The maximum Gasteiger partial charge on any atom is 0.253 e. The number of benzene rings is 1. The third-order valence-electron chi connectivity index (χ3n) is 7.99. The molecule has 2 heterocycles. The van der Waals surface area contributed by atoms with Crippen molar-refractivity contribution in [3.63, 3.8) is 0 Å². The molecule has 1 amide bonds. The number of carbonyl (C=O) groups is 1. The fourth-order valence-corrected chi connectivity index (χ4v) is 6.17. The smallest absolute Gasteiger partial charge is 0.253 e. The van der Waals surface area contributed by atoms with Crippen molar-refractivity contribution in [1.29, 1.82) is 0 Å². The second kappa shape index (κ2) is 7.31. The topological polar surface area (TPSA) is 26.8 Å². The summed E-state index contributed by atoms with van der Waals surface area (Å²) < 4.78 is 0. The van der Waals surface area contributed by atoms with Gasteiger partial charge >= 0.3 is 0 Å². The van der Waals surface area contributed by atoms with Crippen LogP contribution < -0.4 is 0 Å². The van der Waals surface area contributed by atoms with Gasteiger partial charge < -0.3 is 4.90 Å². The Hall–Kier alpha value is -1.65. The summed E-state index contributed by atoms with van der Waals surface area (Å²) in [5.74, 6) is 2.77. The van der Waals surface area contributed by atoms with Gasteiger partial charge in [-0.2, -0.15) is 0 Å². The van der Waals surface area contributed by atoms with E-state index in [0.717, 1.165) is 55.8 Å². The first-order valence-corrected chi connectivity index (χ1v) is 11.1. The van der Waals surface area contributed by atoms with Crippen LogP contribution >= 0.6 is 0 Å². The van der Waals surface area contributed by atoms with E-state index >= 15 is 0 Å². The fourth-order valence-electron chi connectivity index (χ4n) is 6.17. The zero-order valence-electron chi connectivity index (χ0n) is 17.1. The lowest BCUT2D eigenvalue weighted by molar-refractivity contribution is -0.0286. The van der Waals surface area contributed by atoms with Crippen LogP contribution in [0.15, 0.2) is 42.5 Å². The van der Waals surface area contributed by atoms with E-state index in [0.29, 0.717) is 0 Å². The zero-order valence-corrected chi connectivity index (χ0v) is 17.1. The predicted octanol–water partition coefficient (Wildman–Crippen LogP) is 3.12. The van der Waals surface area contributed by atoms with Crippen LogP contribution in [0.2, 0.25) is 0 Å². The Labute approximate surface area is 169 Å². The highest BCUT2D eigenvalue weighted by Crippen LogP contribution is 2.44. The summed E-state index contributed by atoms with van der Waals surface area (Å²) in [4.78, 5) is 20.2. The molecule has 4 nitrogen and oxygen atoms in total. The van der Waals surface area contributed by atoms with E-state index in [4.69, 9.17) is 0 Å². The molecule has 0 radical (unpaired) electrons. The Morgan fingerprint density at radius 1 is 1.04 bits per heavy atom. The number of hydrogen-bond donors (Lipinski definition) is 0. The molecule has 3 fully saturated rings. The third-order valence-corrected chi connectivity index (χ3v) is 7.99. The molecule has 3 atom stereocenters. The standard InChI is InChI=1S/C24H33N3O/c1-25-13-14-26(17-22-16-19-7-8-21(22)15-19)18-24(25)9-11-27(12-10-24)23(28)20-5-3-2-4-6-20/h2-8,19,21-22H,9-18H2,1H3/t19-,21+,22?/m0/s1. The van der Waals surface area contributed by atoms with Gasteiger partial charge in [0.25, 0.3) is 5.91 Å². The summed E-state index contributed by atoms with van der Waals surface area (Å²) in [5, 5.41) is 0. The highest BCUT2D eigenvalue weighted by Gasteiger charge is 2.44. The van der Waals surface area contributed by atoms with Crippen LogP contribution in [0.1, 0.15) is 36.0 Å². The van der Waals surface area contributed by atoms with Gasteiger partial charge in [0, 0.05) is 50.4 Å². The Morgan fingerprint density at radius 3 is 2.50 bits per heavy atom. The minimum Gasteiger partial charge on any atom is -0.339 e. The Morgan fingerprint density at radius 2 is 1.82 bits per heavy atom. The van der Waals surface area contributed by atoms with Gasteiger partial charge in [-0.15, -0.1) is 0 Å². The number of fused-ring (bicyclic) bond motifs is 2. The number of carbonyl (C=O) groups excluding carboxylic acids is 1. The Balaban J connectivity index is 1.21. The number of likely N-dealkylation sites (N-methyl/N-ethyl adjacent to an activating group) is 1. The van der Waals surface area contributed by atoms with Gasteiger partial charge in [0.15, 0.2) is 0 Å². The van der Waals surface area contributed by atoms with Crippen molar-refractivity contribution >= 4 is 5.91 Å². The first-order valence-electron chi connectivity index (χ1n) is 11.1. The molecule has 28 heavy (non-hydrogen) atoms. The second-order valence-electron chi connectivity index (χ2n) is 9.58. The Bertz CT molecular complexity index is 737. The number of amides is 1. The van der Waals surface area contributed by atoms with Gasteiger partial charge in [-0.3, -0.25) is 14.6 Å². The average molecular weight is 380 g/mol. The monoisotopic (exact) mass is 379 g/mol. The highest BCUT2D eigenvalue weighted by molar-refractivity contribution is 5.94. The van der Waals surface area contributed by atoms with Crippen LogP contribution in [0, 0.1) is 17.8 Å². The first-order chi connectivity index (χ1) is 13.6. The molecule has 1 aromatic rings. The molecule has 2 aliphatic carbocycles. The minimum absolute atomic E-state index is 0.194. The van der Waals surface area contributed by atoms with Crippen LogP contribution in [-0.4, -0.2) is 72.5 Å². The number of allylic oxidation sites excluding steroid dienone is 2. The van der Waals surface area contributed by atoms with Crippen molar-refractivity contribution in [2.24, 2.45) is 17.8 Å². The quantitative estimate of drug-likeness (QED) is 0.755. The number of piperidine rings is 1. The van der Waals surface area contributed by atoms with E-state index in [1.807, 2.05) is 30.3 Å². The molecule has 2 aliphatic heterocycles. The van der Waals surface area contributed by atoms with E-state index < -0.39 is 0 Å². The fraction of sp³-hybridized carbons (Fsp3) is 0.625. The van der Waals surface area contributed by atoms with Crippen molar-refractivity contribution in [2.45, 2.75) is 31.2 Å². The van der Waals surface area contributed by atoms with Crippen molar-refractivity contribution in [2.75, 3.05) is 46.3 Å². The van der Waals surface area contributed by atoms with Crippen molar-refractivity contribution < 1.29 is 4.79 Å². The van der Waals surface area contributed by atoms with Crippen molar-refractivity contribution in [3.8, 4) is 0 Å². The normalized spacial score (nSPS) is 32.3. The number of rotatable bonds is 3. The van der Waals surface area contributed by atoms with Gasteiger partial charge in [0.05, 0.1) is 0 Å². The second-order valence-corrected chi connectivity index (χ2v) is 9.58. The number of hydrogen-bond acceptors (Lipinski definition) is 3. The average Bonchev–Trinajstić information content (AvgIpc) is 3.35. The first kappa shape index (κ1) is 18.4. The van der Waals surface area contributed by atoms with Gasteiger partial charge in [0.2, 0.25) is 0 Å². The molecule has 0 N–H and O–H groups in total. The molecule has 150 valence electrons. The lowest BCUT2D eigenvalue weighted by Crippen LogP contribution is -2.65. The zero-order chi connectivity index (χ0) is 19.1. The summed E-state index contributed by atoms with van der Waals surface area (Å²) in [7, 11) is 2.30. The largest absolute Gasteiger partial charge is 0.339 e. The predicted molar refractivity (Wildman–Crippen MR) is 112 cm³/mol. The summed E-state index contributed by atoms with van der Waals surface area (Å²) >= 11 is 0. The molecule has 2 bridgehead atoms. The lowest BCUT2D eigenvalue weighted by atomic mass is 9.82. The van der Waals surface area contributed by atoms with Crippen LogP contribution in [0.4, 0.5) is 0 Å². The van der Waals surface area contributed by atoms with E-state index in [1.54, 1.807) is 0 Å². The molecule has 5 rings (SSSR count). The van der Waals surface area contributed by atoms with E-state index in [1.165, 1.54) is 32.5 Å². The van der Waals surface area contributed by atoms with E-state index in [-0.39, 0.29) is 11.4 Å². The molecule has 0 aromatic heterocycles. The van der Waals surface area contributed by atoms with Crippen LogP contribution in [0.25, 0.3) is 0 Å². The maximum absolute atomic E-state index is 12.8. The van der Waals surface area contributed by atoms with Gasteiger partial charge in [0.1, 0.15) is 0 Å². The summed E-state index contributed by atoms with van der Waals surface area (Å²) in [6.07, 6.45) is 9.93. The maximum atomic E-state index is 12.8. The molecule has 4 heteroatoms. The molecule has 1 aromatic carbocycles. The van der Waals surface area contributed by atoms with Crippen LogP contribution in [0.3, 0.4) is 0 Å². The van der Waals surface area contributed by atoms with Crippen LogP contribution in [0.5, 0.6) is 0 Å². The summed E-state index contributed by atoms with van der Waals surface area (Å²) in [6.45, 7) is 6.56.